The fraction of sp³-hybridized carbons (Fsp3) is 0.926. The molecule has 0 N–H and O–H groups in total. The molecule has 0 saturated carbocycles. The van der Waals surface area contributed by atoms with Crippen molar-refractivity contribution in [2.24, 2.45) is 5.92 Å². The van der Waals surface area contributed by atoms with Crippen molar-refractivity contribution in [3.63, 3.8) is 0 Å². The van der Waals surface area contributed by atoms with Gasteiger partial charge in [-0.05, 0) is 12.8 Å². The summed E-state index contributed by atoms with van der Waals surface area (Å²) in [5, 5.41) is 0. The van der Waals surface area contributed by atoms with Crippen molar-refractivity contribution in [2.75, 3.05) is 19.7 Å². The Morgan fingerprint density at radius 1 is 0.742 bits per heavy atom. The summed E-state index contributed by atoms with van der Waals surface area (Å²) in [4.78, 5) is 26.2. The number of nitrogens with zero attached hydrogens (tertiary/aromatic N) is 1. The molecule has 0 aromatic carbocycles. The monoisotopic (exact) mass is 437 g/mol. The molecule has 0 radical (unpaired) electrons. The second-order valence-corrected chi connectivity index (χ2v) is 9.57. The van der Waals surface area contributed by atoms with Gasteiger partial charge in [0, 0.05) is 19.5 Å². The van der Waals surface area contributed by atoms with Gasteiger partial charge in [0.25, 0.3) is 0 Å². The number of esters is 1. The molecule has 0 aromatic heterocycles. The number of hydrogen-bond acceptors (Lipinski definition) is 3. The fourth-order valence-electron chi connectivity index (χ4n) is 4.46. The Kier molecular flexibility index (Phi) is 17.7. The molecule has 31 heavy (non-hydrogen) atoms. The summed E-state index contributed by atoms with van der Waals surface area (Å²) in [7, 11) is 0. The van der Waals surface area contributed by atoms with Crippen LogP contribution in [0.3, 0.4) is 0 Å². The third-order valence-electron chi connectivity index (χ3n) is 6.57. The second-order valence-electron chi connectivity index (χ2n) is 9.57. The number of ether oxygens (including phenoxy) is 1. The van der Waals surface area contributed by atoms with Crippen LogP contribution in [0.15, 0.2) is 0 Å². The van der Waals surface area contributed by atoms with Gasteiger partial charge in [0.05, 0.1) is 12.5 Å². The van der Waals surface area contributed by atoms with Crippen LogP contribution in [0.25, 0.3) is 0 Å². The number of unbranched alkanes of at least 4 members (excludes halogenated alkanes) is 16. The van der Waals surface area contributed by atoms with Crippen molar-refractivity contribution < 1.29 is 14.3 Å². The molecule has 1 amide bonds. The average molecular weight is 438 g/mol. The Labute approximate surface area is 192 Å². The molecule has 1 saturated heterocycles. The van der Waals surface area contributed by atoms with Gasteiger partial charge in [0.1, 0.15) is 0 Å². The number of rotatable bonds is 21. The van der Waals surface area contributed by atoms with Gasteiger partial charge in [0.2, 0.25) is 5.91 Å². The molecule has 1 atom stereocenters. The van der Waals surface area contributed by atoms with E-state index in [0.717, 1.165) is 25.8 Å². The molecule has 1 fully saturated rings. The Balaban J connectivity index is 1.92. The number of carbonyl (C=O) groups excluding carboxylic acids is 2. The zero-order valence-corrected chi connectivity index (χ0v) is 20.8. The quantitative estimate of drug-likeness (QED) is 0.138. The van der Waals surface area contributed by atoms with Gasteiger partial charge < -0.3 is 9.64 Å². The Morgan fingerprint density at radius 3 is 1.71 bits per heavy atom. The molecular weight excluding hydrogens is 386 g/mol. The summed E-state index contributed by atoms with van der Waals surface area (Å²) in [6, 6.07) is 0. The summed E-state index contributed by atoms with van der Waals surface area (Å²) in [6.45, 7) is 6.31. The van der Waals surface area contributed by atoms with Crippen molar-refractivity contribution in [3.8, 4) is 0 Å². The largest absolute Gasteiger partial charge is 0.465 e. The van der Waals surface area contributed by atoms with Crippen molar-refractivity contribution in [3.05, 3.63) is 0 Å². The van der Waals surface area contributed by atoms with Gasteiger partial charge >= 0.3 is 5.97 Å². The maximum atomic E-state index is 12.2. The summed E-state index contributed by atoms with van der Waals surface area (Å²) in [6.07, 6.45) is 23.5. The first-order valence-electron chi connectivity index (χ1n) is 13.6. The predicted octanol–water partition coefficient (Wildman–Crippen LogP) is 7.44. The van der Waals surface area contributed by atoms with Crippen molar-refractivity contribution in [2.45, 2.75) is 136 Å². The van der Waals surface area contributed by atoms with Crippen LogP contribution in [0.1, 0.15) is 136 Å². The van der Waals surface area contributed by atoms with Crippen LogP contribution < -0.4 is 0 Å². The lowest BCUT2D eigenvalue weighted by Crippen LogP contribution is -2.27. The Hall–Kier alpha value is -1.06. The lowest BCUT2D eigenvalue weighted by atomic mass is 10.0. The van der Waals surface area contributed by atoms with Crippen LogP contribution in [-0.2, 0) is 14.3 Å². The molecule has 0 bridgehead atoms. The minimum absolute atomic E-state index is 0.127. The van der Waals surface area contributed by atoms with E-state index in [4.69, 9.17) is 4.74 Å². The highest BCUT2D eigenvalue weighted by Crippen LogP contribution is 2.20. The standard InChI is InChI=1S/C27H51NO3/c1-3-5-7-9-10-11-12-13-14-15-16-17-18-19-21-28-24-25(23-26(28)29)27(30)31-22-20-8-6-4-2/h25H,3-24H2,1-2H3. The minimum atomic E-state index is -0.245. The lowest BCUT2D eigenvalue weighted by molar-refractivity contribution is -0.148. The zero-order chi connectivity index (χ0) is 22.6. The van der Waals surface area contributed by atoms with Crippen molar-refractivity contribution in [1.82, 2.24) is 4.90 Å². The molecule has 4 heteroatoms. The smallest absolute Gasteiger partial charge is 0.311 e. The maximum Gasteiger partial charge on any atom is 0.311 e. The van der Waals surface area contributed by atoms with Gasteiger partial charge in [0.15, 0.2) is 0 Å². The van der Waals surface area contributed by atoms with E-state index in [-0.39, 0.29) is 17.8 Å². The van der Waals surface area contributed by atoms with Crippen LogP contribution in [0.5, 0.6) is 0 Å². The predicted molar refractivity (Wildman–Crippen MR) is 130 cm³/mol. The molecule has 0 aromatic rings. The van der Waals surface area contributed by atoms with Gasteiger partial charge in [-0.2, -0.15) is 0 Å². The first-order valence-corrected chi connectivity index (χ1v) is 13.6. The van der Waals surface area contributed by atoms with Gasteiger partial charge in [-0.25, -0.2) is 0 Å². The third kappa shape index (κ3) is 14.6. The number of likely N-dealkylation sites (tertiary alicyclic amines) is 1. The third-order valence-corrected chi connectivity index (χ3v) is 6.57. The van der Waals surface area contributed by atoms with Crippen molar-refractivity contribution in [1.29, 1.82) is 0 Å². The molecule has 1 unspecified atom stereocenters. The summed E-state index contributed by atoms with van der Waals surface area (Å²) in [5.74, 6) is -0.291. The van der Waals surface area contributed by atoms with E-state index in [1.165, 1.54) is 96.3 Å². The number of amides is 1. The van der Waals surface area contributed by atoms with E-state index in [1.807, 2.05) is 4.90 Å². The fourth-order valence-corrected chi connectivity index (χ4v) is 4.46. The SMILES string of the molecule is CCCCCCCCCCCCCCCCN1CC(C(=O)OCCCCCC)CC1=O. The molecule has 0 spiro atoms. The highest BCUT2D eigenvalue weighted by Gasteiger charge is 2.34. The van der Waals surface area contributed by atoms with Crippen LogP contribution in [0.4, 0.5) is 0 Å². The van der Waals surface area contributed by atoms with E-state index < -0.39 is 0 Å². The highest BCUT2D eigenvalue weighted by molar-refractivity contribution is 5.86. The summed E-state index contributed by atoms with van der Waals surface area (Å²) in [5.41, 5.74) is 0. The molecule has 1 aliphatic heterocycles. The molecule has 1 heterocycles. The molecular formula is C27H51NO3. The zero-order valence-electron chi connectivity index (χ0n) is 20.8. The number of carbonyl (C=O) groups is 2. The first kappa shape index (κ1) is 28.0. The minimum Gasteiger partial charge on any atom is -0.465 e. The lowest BCUT2D eigenvalue weighted by Gasteiger charge is -2.16. The summed E-state index contributed by atoms with van der Waals surface area (Å²) >= 11 is 0. The topological polar surface area (TPSA) is 46.6 Å². The van der Waals surface area contributed by atoms with Crippen LogP contribution in [0.2, 0.25) is 0 Å². The van der Waals surface area contributed by atoms with E-state index in [0.29, 0.717) is 19.6 Å². The molecule has 0 aliphatic carbocycles. The summed E-state index contributed by atoms with van der Waals surface area (Å²) < 4.78 is 5.38. The highest BCUT2D eigenvalue weighted by atomic mass is 16.5. The van der Waals surface area contributed by atoms with Crippen LogP contribution in [-0.4, -0.2) is 36.5 Å². The van der Waals surface area contributed by atoms with Gasteiger partial charge in [-0.3, -0.25) is 9.59 Å². The molecule has 1 aliphatic rings. The van der Waals surface area contributed by atoms with Gasteiger partial charge in [-0.1, -0.05) is 117 Å². The van der Waals surface area contributed by atoms with Gasteiger partial charge in [-0.15, -0.1) is 0 Å². The number of hydrogen-bond donors (Lipinski definition) is 0. The van der Waals surface area contributed by atoms with E-state index in [1.54, 1.807) is 0 Å². The molecule has 1 rings (SSSR count). The van der Waals surface area contributed by atoms with E-state index >= 15 is 0 Å². The first-order chi connectivity index (χ1) is 15.2. The maximum absolute atomic E-state index is 12.2. The van der Waals surface area contributed by atoms with Crippen molar-refractivity contribution >= 4 is 11.9 Å². The van der Waals surface area contributed by atoms with Crippen LogP contribution in [0, 0.1) is 5.92 Å². The Morgan fingerprint density at radius 2 is 1.19 bits per heavy atom. The normalized spacial score (nSPS) is 16.3. The second kappa shape index (κ2) is 19.6. The Bertz CT molecular complexity index is 452. The van der Waals surface area contributed by atoms with E-state index in [2.05, 4.69) is 13.8 Å². The van der Waals surface area contributed by atoms with E-state index in [9.17, 15) is 9.59 Å². The van der Waals surface area contributed by atoms with Crippen LogP contribution >= 0.6 is 0 Å². The average Bonchev–Trinajstić information content (AvgIpc) is 3.14. The molecule has 4 nitrogen and oxygen atoms in total. The molecule has 182 valence electrons.